The fraction of sp³-hybridized carbons (Fsp3) is 0.526. The number of carbonyl (C=O) groups excluding carboxylic acids is 1. The third-order valence-corrected chi connectivity index (χ3v) is 6.09. The smallest absolute Gasteiger partial charge is 0.311 e. The molecule has 2 heterocycles. The lowest BCUT2D eigenvalue weighted by Gasteiger charge is -2.47. The normalized spacial score (nSPS) is 26.8. The van der Waals surface area contributed by atoms with E-state index in [9.17, 15) is 4.79 Å². The molecule has 2 aromatic heterocycles. The molecule has 0 spiro atoms. The molecule has 2 unspecified atom stereocenters. The highest BCUT2D eigenvalue weighted by Gasteiger charge is 2.48. The minimum Gasteiger partial charge on any atom is -0.469 e. The first-order valence-corrected chi connectivity index (χ1v) is 9.55. The van der Waals surface area contributed by atoms with E-state index in [1.54, 1.807) is 12.3 Å². The molecule has 0 aromatic carbocycles. The van der Waals surface area contributed by atoms with E-state index in [4.69, 9.17) is 16.3 Å². The molecular formula is C19H22ClFN4O2. The van der Waals surface area contributed by atoms with E-state index in [0.717, 1.165) is 25.7 Å². The topological polar surface area (TPSA) is 69.0 Å². The molecule has 27 heavy (non-hydrogen) atoms. The van der Waals surface area contributed by atoms with Gasteiger partial charge < -0.3 is 14.6 Å². The Morgan fingerprint density at radius 2 is 2.00 bits per heavy atom. The van der Waals surface area contributed by atoms with Crippen molar-refractivity contribution in [3.05, 3.63) is 29.6 Å². The Bertz CT molecular complexity index is 863. The number of halogens is 2. The lowest BCUT2D eigenvalue weighted by Crippen LogP contribution is -2.52. The number of fused-ring (bicyclic) bond motifs is 3. The van der Waals surface area contributed by atoms with Gasteiger partial charge >= 0.3 is 5.97 Å². The van der Waals surface area contributed by atoms with Gasteiger partial charge in [-0.25, -0.2) is 9.37 Å². The fourth-order valence-corrected chi connectivity index (χ4v) is 4.81. The molecule has 3 saturated carbocycles. The first-order valence-electron chi connectivity index (χ1n) is 9.17. The van der Waals surface area contributed by atoms with Gasteiger partial charge in [0.05, 0.1) is 13.0 Å². The fourth-order valence-electron chi connectivity index (χ4n) is 4.64. The van der Waals surface area contributed by atoms with Gasteiger partial charge in [0.25, 0.3) is 0 Å². The van der Waals surface area contributed by atoms with Crippen molar-refractivity contribution >= 4 is 23.4 Å². The molecule has 3 aliphatic rings. The summed E-state index contributed by atoms with van der Waals surface area (Å²) < 4.78 is 22.0. The summed E-state index contributed by atoms with van der Waals surface area (Å²) in [6.07, 6.45) is 7.62. The number of ether oxygens (including phenoxy) is 1. The van der Waals surface area contributed by atoms with Gasteiger partial charge in [-0.3, -0.25) is 4.79 Å². The highest BCUT2D eigenvalue weighted by atomic mass is 35.5. The standard InChI is InChI=1S/C19H22ClFN4O2/c1-25-8-7-12(9-25)16-14(21)17(24-19(20)23-16)22-15-11-5-3-10(4-6-11)13(15)18(26)27-2/h7-11,13,15H,3-6H2,1-2H3,(H,22,23,24). The number of aromatic nitrogens is 3. The van der Waals surface area contributed by atoms with Crippen LogP contribution in [-0.2, 0) is 16.6 Å². The zero-order valence-corrected chi connectivity index (χ0v) is 16.0. The Balaban J connectivity index is 1.69. The Morgan fingerprint density at radius 3 is 2.63 bits per heavy atom. The number of nitrogens with zero attached hydrogens (tertiary/aromatic N) is 3. The van der Waals surface area contributed by atoms with Crippen LogP contribution in [-0.4, -0.2) is 33.7 Å². The molecule has 2 atom stereocenters. The van der Waals surface area contributed by atoms with Crippen LogP contribution >= 0.6 is 11.6 Å². The van der Waals surface area contributed by atoms with Crippen molar-refractivity contribution in [2.24, 2.45) is 24.8 Å². The molecule has 0 saturated heterocycles. The first kappa shape index (κ1) is 18.2. The number of hydrogen-bond acceptors (Lipinski definition) is 5. The summed E-state index contributed by atoms with van der Waals surface area (Å²) in [5, 5.41) is 3.15. The largest absolute Gasteiger partial charge is 0.469 e. The van der Waals surface area contributed by atoms with Gasteiger partial charge in [0, 0.05) is 31.0 Å². The third-order valence-electron chi connectivity index (χ3n) is 5.93. The summed E-state index contributed by atoms with van der Waals surface area (Å²) in [4.78, 5) is 20.5. The molecular weight excluding hydrogens is 371 g/mol. The van der Waals surface area contributed by atoms with E-state index in [0.29, 0.717) is 5.56 Å². The zero-order chi connectivity index (χ0) is 19.1. The molecule has 0 amide bonds. The molecule has 0 radical (unpaired) electrons. The van der Waals surface area contributed by atoms with Gasteiger partial charge in [0.2, 0.25) is 5.28 Å². The molecule has 1 N–H and O–H groups in total. The molecule has 3 fully saturated rings. The minimum absolute atomic E-state index is 0.0339. The number of esters is 1. The number of nitrogens with one attached hydrogen (secondary N) is 1. The molecule has 144 valence electrons. The second kappa shape index (κ2) is 7.11. The maximum Gasteiger partial charge on any atom is 0.311 e. The van der Waals surface area contributed by atoms with Gasteiger partial charge in [0.15, 0.2) is 11.6 Å². The van der Waals surface area contributed by atoms with Gasteiger partial charge in [0.1, 0.15) is 5.69 Å². The maximum atomic E-state index is 15.2. The van der Waals surface area contributed by atoms with Crippen LogP contribution in [0.25, 0.3) is 11.3 Å². The summed E-state index contributed by atoms with van der Waals surface area (Å²) >= 11 is 6.07. The van der Waals surface area contributed by atoms with Gasteiger partial charge in [-0.05, 0) is 55.2 Å². The van der Waals surface area contributed by atoms with Crippen LogP contribution in [0.2, 0.25) is 5.28 Å². The minimum atomic E-state index is -0.560. The average Bonchev–Trinajstić information content (AvgIpc) is 3.10. The molecule has 6 nitrogen and oxygen atoms in total. The van der Waals surface area contributed by atoms with E-state index in [1.165, 1.54) is 7.11 Å². The average molecular weight is 393 g/mol. The Kier molecular flexibility index (Phi) is 4.80. The molecule has 3 aliphatic carbocycles. The van der Waals surface area contributed by atoms with Crippen LogP contribution in [0.1, 0.15) is 25.7 Å². The van der Waals surface area contributed by atoms with Crippen molar-refractivity contribution in [3.8, 4) is 11.3 Å². The summed E-state index contributed by atoms with van der Waals surface area (Å²) in [7, 11) is 3.25. The highest BCUT2D eigenvalue weighted by molar-refractivity contribution is 6.28. The van der Waals surface area contributed by atoms with Crippen LogP contribution in [0.4, 0.5) is 10.2 Å². The van der Waals surface area contributed by atoms with Crippen LogP contribution in [0, 0.1) is 23.6 Å². The van der Waals surface area contributed by atoms with Crippen molar-refractivity contribution in [2.75, 3.05) is 12.4 Å². The maximum absolute atomic E-state index is 15.2. The molecule has 5 rings (SSSR count). The quantitative estimate of drug-likeness (QED) is 0.635. The summed E-state index contributed by atoms with van der Waals surface area (Å²) in [6.45, 7) is 0. The first-order chi connectivity index (χ1) is 13.0. The lowest BCUT2D eigenvalue weighted by atomic mass is 9.61. The molecule has 2 aromatic rings. The Labute approximate surface area is 162 Å². The van der Waals surface area contributed by atoms with Crippen molar-refractivity contribution in [1.82, 2.24) is 14.5 Å². The monoisotopic (exact) mass is 392 g/mol. The predicted molar refractivity (Wildman–Crippen MR) is 99.8 cm³/mol. The van der Waals surface area contributed by atoms with Crippen LogP contribution < -0.4 is 5.32 Å². The Morgan fingerprint density at radius 1 is 1.30 bits per heavy atom. The summed E-state index contributed by atoms with van der Waals surface area (Å²) in [6, 6.07) is 1.56. The zero-order valence-electron chi connectivity index (χ0n) is 15.3. The van der Waals surface area contributed by atoms with Crippen molar-refractivity contribution in [1.29, 1.82) is 0 Å². The van der Waals surface area contributed by atoms with Crippen molar-refractivity contribution < 1.29 is 13.9 Å². The molecule has 8 heteroatoms. The van der Waals surface area contributed by atoms with Crippen LogP contribution in [0.5, 0.6) is 0 Å². The SMILES string of the molecule is COC(=O)C1C2CCC(CC2)C1Nc1nc(Cl)nc(-c2ccn(C)c2)c1F. The van der Waals surface area contributed by atoms with E-state index in [1.807, 2.05) is 17.8 Å². The van der Waals surface area contributed by atoms with Crippen LogP contribution in [0.15, 0.2) is 18.5 Å². The third kappa shape index (κ3) is 3.29. The van der Waals surface area contributed by atoms with E-state index < -0.39 is 5.82 Å². The number of carbonyl (C=O) groups is 1. The highest BCUT2D eigenvalue weighted by Crippen LogP contribution is 2.47. The van der Waals surface area contributed by atoms with Gasteiger partial charge in [-0.15, -0.1) is 0 Å². The van der Waals surface area contributed by atoms with Gasteiger partial charge in [-0.2, -0.15) is 4.98 Å². The van der Waals surface area contributed by atoms with Gasteiger partial charge in [-0.1, -0.05) is 0 Å². The second-order valence-electron chi connectivity index (χ2n) is 7.46. The number of rotatable bonds is 4. The van der Waals surface area contributed by atoms with Crippen molar-refractivity contribution in [2.45, 2.75) is 31.7 Å². The van der Waals surface area contributed by atoms with Crippen LogP contribution in [0.3, 0.4) is 0 Å². The molecule has 0 aliphatic heterocycles. The number of methoxy groups -OCH3 is 1. The number of aryl methyl sites for hydroxylation is 1. The number of anilines is 1. The number of hydrogen-bond donors (Lipinski definition) is 1. The summed E-state index contributed by atoms with van der Waals surface area (Å²) in [5.41, 5.74) is 0.769. The van der Waals surface area contributed by atoms with Crippen molar-refractivity contribution in [3.63, 3.8) is 0 Å². The van der Waals surface area contributed by atoms with E-state index in [-0.39, 0.29) is 46.6 Å². The Hall–Kier alpha value is -2.15. The van der Waals surface area contributed by atoms with E-state index in [2.05, 4.69) is 15.3 Å². The molecule has 2 bridgehead atoms. The summed E-state index contributed by atoms with van der Waals surface area (Å²) in [5.74, 6) is -0.515. The van der Waals surface area contributed by atoms with E-state index >= 15 is 4.39 Å². The predicted octanol–water partition coefficient (Wildman–Crippen LogP) is 3.66. The second-order valence-corrected chi connectivity index (χ2v) is 7.80. The lowest BCUT2D eigenvalue weighted by molar-refractivity contribution is -0.152.